The molecule has 1 aliphatic heterocycles. The minimum atomic E-state index is 0.552. The molecule has 0 amide bonds. The second kappa shape index (κ2) is 5.42. The lowest BCUT2D eigenvalue weighted by Gasteiger charge is -2.38. The smallest absolute Gasteiger partial charge is 0.147 e. The fourth-order valence-corrected chi connectivity index (χ4v) is 3.49. The first-order valence-electron chi connectivity index (χ1n) is 6.92. The summed E-state index contributed by atoms with van der Waals surface area (Å²) in [6, 6.07) is 10.9. The van der Waals surface area contributed by atoms with Gasteiger partial charge in [-0.15, -0.1) is 0 Å². The summed E-state index contributed by atoms with van der Waals surface area (Å²) in [5, 5.41) is 1.20. The highest BCUT2D eigenvalue weighted by atomic mass is 32.1. The zero-order chi connectivity index (χ0) is 14.1. The van der Waals surface area contributed by atoms with Crippen molar-refractivity contribution in [2.75, 3.05) is 37.3 Å². The van der Waals surface area contributed by atoms with Crippen LogP contribution in [0, 0.1) is 0 Å². The van der Waals surface area contributed by atoms with E-state index < -0.39 is 0 Å². The molecule has 0 radical (unpaired) electrons. The topological polar surface area (TPSA) is 45.4 Å². The van der Waals surface area contributed by atoms with Gasteiger partial charge in [0.25, 0.3) is 0 Å². The van der Waals surface area contributed by atoms with E-state index in [0.717, 1.165) is 30.8 Å². The van der Waals surface area contributed by atoms with Crippen molar-refractivity contribution >= 4 is 22.4 Å². The Bertz CT molecular complexity index is 581. The van der Waals surface area contributed by atoms with Gasteiger partial charge in [0.15, 0.2) is 0 Å². The van der Waals surface area contributed by atoms with Gasteiger partial charge in [-0.25, -0.2) is 0 Å². The first-order chi connectivity index (χ1) is 9.66. The van der Waals surface area contributed by atoms with E-state index >= 15 is 0 Å². The average Bonchev–Trinajstić information content (AvgIpc) is 2.85. The van der Waals surface area contributed by atoms with Crippen LogP contribution in [0.2, 0.25) is 0 Å². The monoisotopic (exact) mass is 288 g/mol. The maximum Gasteiger partial charge on any atom is 0.147 e. The largest absolute Gasteiger partial charge is 0.382 e. The first kappa shape index (κ1) is 13.4. The molecule has 2 heterocycles. The molecule has 1 fully saturated rings. The van der Waals surface area contributed by atoms with Crippen molar-refractivity contribution in [3.8, 4) is 11.1 Å². The lowest BCUT2D eigenvalue weighted by atomic mass is 10.1. The number of nitrogen functional groups attached to an aromatic ring is 1. The number of hydrogen-bond donors (Lipinski definition) is 1. The van der Waals surface area contributed by atoms with Crippen LogP contribution in [0.4, 0.5) is 10.8 Å². The number of aromatic nitrogens is 1. The zero-order valence-electron chi connectivity index (χ0n) is 11.9. The zero-order valence-corrected chi connectivity index (χ0v) is 12.7. The highest BCUT2D eigenvalue weighted by molar-refractivity contribution is 7.11. The van der Waals surface area contributed by atoms with E-state index in [0.29, 0.717) is 11.9 Å². The summed E-state index contributed by atoms with van der Waals surface area (Å²) in [6.07, 6.45) is 0. The maximum atomic E-state index is 6.10. The number of hydrogen-bond acceptors (Lipinski definition) is 5. The van der Waals surface area contributed by atoms with Crippen LogP contribution < -0.4 is 10.6 Å². The lowest BCUT2D eigenvalue weighted by Crippen LogP contribution is -2.50. The standard InChI is InChI=1S/C15H20N4S/c1-11-10-19(9-8-18(11)2)15-13(14(16)17-20-15)12-6-4-3-5-7-12/h3-7,11H,8-10H2,1-2H3,(H2,16,17). The van der Waals surface area contributed by atoms with Gasteiger partial charge < -0.3 is 15.5 Å². The number of piperazine rings is 1. The van der Waals surface area contributed by atoms with Crippen LogP contribution in [0.3, 0.4) is 0 Å². The minimum Gasteiger partial charge on any atom is -0.382 e. The van der Waals surface area contributed by atoms with Crippen molar-refractivity contribution < 1.29 is 0 Å². The van der Waals surface area contributed by atoms with E-state index in [1.165, 1.54) is 16.5 Å². The van der Waals surface area contributed by atoms with Gasteiger partial charge >= 0.3 is 0 Å². The molecule has 1 unspecified atom stereocenters. The van der Waals surface area contributed by atoms with Gasteiger partial charge in [-0.3, -0.25) is 0 Å². The fraction of sp³-hybridized carbons (Fsp3) is 0.400. The maximum absolute atomic E-state index is 6.10. The normalized spacial score (nSPS) is 20.3. The molecule has 0 spiro atoms. The van der Waals surface area contributed by atoms with Gasteiger partial charge in [-0.05, 0) is 31.1 Å². The van der Waals surface area contributed by atoms with Gasteiger partial charge in [-0.1, -0.05) is 30.3 Å². The highest BCUT2D eigenvalue weighted by Gasteiger charge is 2.25. The van der Waals surface area contributed by atoms with E-state index in [4.69, 9.17) is 5.73 Å². The number of nitrogens with zero attached hydrogens (tertiary/aromatic N) is 3. The molecule has 1 aromatic heterocycles. The first-order valence-corrected chi connectivity index (χ1v) is 7.70. The van der Waals surface area contributed by atoms with Gasteiger partial charge in [-0.2, -0.15) is 4.37 Å². The summed E-state index contributed by atoms with van der Waals surface area (Å²) in [5.41, 5.74) is 8.35. The molecular formula is C15H20N4S. The summed E-state index contributed by atoms with van der Waals surface area (Å²) < 4.78 is 4.38. The molecular weight excluding hydrogens is 268 g/mol. The number of likely N-dealkylation sites (N-methyl/N-ethyl adjacent to an activating group) is 1. The van der Waals surface area contributed by atoms with Crippen molar-refractivity contribution in [3.05, 3.63) is 30.3 Å². The third kappa shape index (κ3) is 2.39. The Morgan fingerprint density at radius 1 is 1.25 bits per heavy atom. The SMILES string of the molecule is CC1CN(c2snc(N)c2-c2ccccc2)CCN1C. The Morgan fingerprint density at radius 2 is 2.00 bits per heavy atom. The molecule has 1 saturated heterocycles. The predicted molar refractivity (Wildman–Crippen MR) is 86.3 cm³/mol. The third-order valence-electron chi connectivity index (χ3n) is 4.01. The third-order valence-corrected chi connectivity index (χ3v) is 4.93. The molecule has 4 nitrogen and oxygen atoms in total. The fourth-order valence-electron chi connectivity index (χ4n) is 2.62. The molecule has 3 rings (SSSR count). The van der Waals surface area contributed by atoms with Crippen LogP contribution in [-0.4, -0.2) is 42.0 Å². The van der Waals surface area contributed by atoms with Gasteiger partial charge in [0.2, 0.25) is 0 Å². The van der Waals surface area contributed by atoms with Crippen molar-refractivity contribution in [2.45, 2.75) is 13.0 Å². The molecule has 0 aliphatic carbocycles. The lowest BCUT2D eigenvalue weighted by molar-refractivity contribution is 0.234. The summed E-state index contributed by atoms with van der Waals surface area (Å²) in [6.45, 7) is 5.40. The van der Waals surface area contributed by atoms with Crippen LogP contribution in [0.25, 0.3) is 11.1 Å². The van der Waals surface area contributed by atoms with Crippen LogP contribution in [0.5, 0.6) is 0 Å². The summed E-state index contributed by atoms with van der Waals surface area (Å²) in [7, 11) is 2.18. The number of nitrogens with two attached hydrogens (primary N) is 1. The van der Waals surface area contributed by atoms with E-state index in [1.54, 1.807) is 0 Å². The summed E-state index contributed by atoms with van der Waals surface area (Å²) in [5.74, 6) is 0.641. The molecule has 1 aromatic carbocycles. The molecule has 2 aromatic rings. The molecule has 106 valence electrons. The van der Waals surface area contributed by atoms with Crippen molar-refractivity contribution in [3.63, 3.8) is 0 Å². The Hall–Kier alpha value is -1.59. The van der Waals surface area contributed by atoms with Crippen molar-refractivity contribution in [1.29, 1.82) is 0 Å². The van der Waals surface area contributed by atoms with E-state index in [2.05, 4.69) is 40.3 Å². The number of benzene rings is 1. The van der Waals surface area contributed by atoms with Gasteiger partial charge in [0.05, 0.1) is 5.56 Å². The van der Waals surface area contributed by atoms with Crippen LogP contribution in [0.1, 0.15) is 6.92 Å². The molecule has 1 atom stereocenters. The molecule has 0 saturated carbocycles. The number of rotatable bonds is 2. The highest BCUT2D eigenvalue weighted by Crippen LogP contribution is 2.39. The predicted octanol–water partition coefficient (Wildman–Crippen LogP) is 2.53. The average molecular weight is 288 g/mol. The van der Waals surface area contributed by atoms with Gasteiger partial charge in [0, 0.05) is 25.7 Å². The van der Waals surface area contributed by atoms with E-state index in [-0.39, 0.29) is 0 Å². The molecule has 20 heavy (non-hydrogen) atoms. The summed E-state index contributed by atoms with van der Waals surface area (Å²) in [4.78, 5) is 4.81. The van der Waals surface area contributed by atoms with Crippen LogP contribution in [-0.2, 0) is 0 Å². The van der Waals surface area contributed by atoms with E-state index in [9.17, 15) is 0 Å². The Balaban J connectivity index is 1.96. The Kier molecular flexibility index (Phi) is 3.63. The van der Waals surface area contributed by atoms with Crippen LogP contribution >= 0.6 is 11.5 Å². The molecule has 5 heteroatoms. The second-order valence-electron chi connectivity index (χ2n) is 5.39. The van der Waals surface area contributed by atoms with Gasteiger partial charge in [0.1, 0.15) is 10.8 Å². The second-order valence-corrected chi connectivity index (χ2v) is 6.14. The minimum absolute atomic E-state index is 0.552. The quantitative estimate of drug-likeness (QED) is 0.922. The molecule has 1 aliphatic rings. The van der Waals surface area contributed by atoms with Crippen molar-refractivity contribution in [2.24, 2.45) is 0 Å². The summed E-state index contributed by atoms with van der Waals surface area (Å²) >= 11 is 1.51. The Morgan fingerprint density at radius 3 is 2.70 bits per heavy atom. The number of anilines is 2. The Labute approximate surface area is 124 Å². The van der Waals surface area contributed by atoms with Crippen molar-refractivity contribution in [1.82, 2.24) is 9.27 Å². The molecule has 2 N–H and O–H groups in total. The molecule has 0 bridgehead atoms. The van der Waals surface area contributed by atoms with E-state index in [1.807, 2.05) is 18.2 Å². The van der Waals surface area contributed by atoms with Crippen LogP contribution in [0.15, 0.2) is 30.3 Å².